The lowest BCUT2D eigenvalue weighted by Gasteiger charge is -2.34. The minimum atomic E-state index is -3.57. The van der Waals surface area contributed by atoms with Gasteiger partial charge in [0.25, 0.3) is 0 Å². The zero-order valence-electron chi connectivity index (χ0n) is 20.4. The number of aryl methyl sites for hydroxylation is 2. The van der Waals surface area contributed by atoms with Crippen LogP contribution < -0.4 is 15.0 Å². The Morgan fingerprint density at radius 2 is 1.71 bits per heavy atom. The van der Waals surface area contributed by atoms with Crippen molar-refractivity contribution >= 4 is 27.5 Å². The van der Waals surface area contributed by atoms with E-state index in [4.69, 9.17) is 4.74 Å². The highest BCUT2D eigenvalue weighted by Gasteiger charge is 2.29. The number of sulfonamides is 1. The summed E-state index contributed by atoms with van der Waals surface area (Å²) in [6.07, 6.45) is 3.77. The molecule has 0 amide bonds. The highest BCUT2D eigenvalue weighted by molar-refractivity contribution is 7.89. The summed E-state index contributed by atoms with van der Waals surface area (Å²) in [6, 6.07) is 12.4. The molecule has 9 nitrogen and oxygen atoms in total. The molecule has 1 aliphatic rings. The second kappa shape index (κ2) is 11.0. The minimum Gasteiger partial charge on any atom is -0.494 e. The predicted octanol–water partition coefficient (Wildman–Crippen LogP) is 3.92. The summed E-state index contributed by atoms with van der Waals surface area (Å²) in [5.74, 6) is 3.45. The Morgan fingerprint density at radius 1 is 0.971 bits per heavy atom. The van der Waals surface area contributed by atoms with Crippen molar-refractivity contribution < 1.29 is 13.2 Å². The predicted molar refractivity (Wildman–Crippen MR) is 137 cm³/mol. The number of anilines is 3. The van der Waals surface area contributed by atoms with E-state index in [9.17, 15) is 8.42 Å². The lowest BCUT2D eigenvalue weighted by Crippen LogP contribution is -2.49. The van der Waals surface area contributed by atoms with E-state index in [-0.39, 0.29) is 4.90 Å². The van der Waals surface area contributed by atoms with Crippen molar-refractivity contribution in [3.05, 3.63) is 60.0 Å². The van der Waals surface area contributed by atoms with Crippen LogP contribution in [-0.4, -0.2) is 60.5 Å². The fourth-order valence-corrected chi connectivity index (χ4v) is 5.28. The van der Waals surface area contributed by atoms with Crippen molar-refractivity contribution in [2.75, 3.05) is 43.0 Å². The third-order valence-electron chi connectivity index (χ3n) is 5.79. The molecule has 3 aromatic rings. The number of piperazine rings is 1. The third kappa shape index (κ3) is 6.26. The standard InChI is InChI=1S/C25H32N6O3S/c1-4-5-16-34-21-6-8-22(9-7-21)35(32,33)31-14-12-30(13-15-31)25-18-24(27-20(3)28-25)29-23-17-19(2)10-11-26-23/h6-11,17-18H,4-5,12-16H2,1-3H3,(H,26,27,28,29). The zero-order valence-corrected chi connectivity index (χ0v) is 21.3. The Balaban J connectivity index is 1.40. The Morgan fingerprint density at radius 3 is 2.40 bits per heavy atom. The molecule has 0 atom stereocenters. The van der Waals surface area contributed by atoms with E-state index in [2.05, 4.69) is 32.1 Å². The molecule has 1 aromatic carbocycles. The van der Waals surface area contributed by atoms with Crippen LogP contribution in [0.15, 0.2) is 53.6 Å². The first-order valence-corrected chi connectivity index (χ1v) is 13.3. The Kier molecular flexibility index (Phi) is 7.82. The highest BCUT2D eigenvalue weighted by Crippen LogP contribution is 2.24. The van der Waals surface area contributed by atoms with Crippen molar-refractivity contribution in [1.29, 1.82) is 0 Å². The number of unbranched alkanes of at least 4 members (excludes halogenated alkanes) is 1. The van der Waals surface area contributed by atoms with Crippen molar-refractivity contribution in [1.82, 2.24) is 19.3 Å². The van der Waals surface area contributed by atoms with Gasteiger partial charge in [0, 0.05) is 38.4 Å². The largest absolute Gasteiger partial charge is 0.494 e. The van der Waals surface area contributed by atoms with Gasteiger partial charge in [-0.05, 0) is 62.2 Å². The molecule has 0 spiro atoms. The first kappa shape index (κ1) is 24.9. The molecule has 0 unspecified atom stereocenters. The number of benzene rings is 1. The second-order valence-corrected chi connectivity index (χ2v) is 10.5. The molecular weight excluding hydrogens is 464 g/mol. The molecule has 0 radical (unpaired) electrons. The van der Waals surface area contributed by atoms with Gasteiger partial charge in [-0.15, -0.1) is 0 Å². The van der Waals surface area contributed by atoms with Gasteiger partial charge in [-0.2, -0.15) is 4.31 Å². The van der Waals surface area contributed by atoms with Crippen molar-refractivity contribution in [2.24, 2.45) is 0 Å². The number of rotatable bonds is 9. The van der Waals surface area contributed by atoms with E-state index < -0.39 is 10.0 Å². The minimum absolute atomic E-state index is 0.281. The summed E-state index contributed by atoms with van der Waals surface area (Å²) >= 11 is 0. The first-order chi connectivity index (χ1) is 16.8. The van der Waals surface area contributed by atoms with Gasteiger partial charge in [-0.25, -0.2) is 23.4 Å². The second-order valence-electron chi connectivity index (χ2n) is 8.57. The van der Waals surface area contributed by atoms with Gasteiger partial charge in [0.1, 0.15) is 29.0 Å². The average molecular weight is 497 g/mol. The topological polar surface area (TPSA) is 101 Å². The molecule has 186 valence electrons. The Bertz CT molecular complexity index is 1240. The van der Waals surface area contributed by atoms with Crippen LogP contribution in [0.3, 0.4) is 0 Å². The van der Waals surface area contributed by atoms with Crippen LogP contribution in [0.4, 0.5) is 17.5 Å². The van der Waals surface area contributed by atoms with E-state index in [1.165, 1.54) is 4.31 Å². The van der Waals surface area contributed by atoms with Gasteiger partial charge in [-0.3, -0.25) is 0 Å². The van der Waals surface area contributed by atoms with Crippen molar-refractivity contribution in [2.45, 2.75) is 38.5 Å². The van der Waals surface area contributed by atoms with Crippen LogP contribution in [0, 0.1) is 13.8 Å². The molecule has 0 bridgehead atoms. The number of nitrogens with one attached hydrogen (secondary N) is 1. The highest BCUT2D eigenvalue weighted by atomic mass is 32.2. The van der Waals surface area contributed by atoms with Crippen molar-refractivity contribution in [3.8, 4) is 5.75 Å². The van der Waals surface area contributed by atoms with Gasteiger partial charge in [0.05, 0.1) is 11.5 Å². The van der Waals surface area contributed by atoms with Gasteiger partial charge < -0.3 is 15.0 Å². The molecule has 1 fully saturated rings. The van der Waals surface area contributed by atoms with Gasteiger partial charge in [-0.1, -0.05) is 13.3 Å². The molecule has 35 heavy (non-hydrogen) atoms. The number of hydrogen-bond donors (Lipinski definition) is 1. The molecule has 2 aromatic heterocycles. The van der Waals surface area contributed by atoms with E-state index in [1.54, 1.807) is 30.5 Å². The summed E-state index contributed by atoms with van der Waals surface area (Å²) in [4.78, 5) is 15.7. The fraction of sp³-hybridized carbons (Fsp3) is 0.400. The lowest BCUT2D eigenvalue weighted by molar-refractivity contribution is 0.309. The Hall–Kier alpha value is -3.24. The van der Waals surface area contributed by atoms with Crippen LogP contribution >= 0.6 is 0 Å². The van der Waals surface area contributed by atoms with Crippen LogP contribution in [0.1, 0.15) is 31.2 Å². The van der Waals surface area contributed by atoms with Gasteiger partial charge in [0.2, 0.25) is 10.0 Å². The molecule has 1 N–H and O–H groups in total. The van der Waals surface area contributed by atoms with Crippen LogP contribution in [-0.2, 0) is 10.0 Å². The normalized spacial score (nSPS) is 14.7. The molecule has 3 heterocycles. The first-order valence-electron chi connectivity index (χ1n) is 11.9. The van der Waals surface area contributed by atoms with Gasteiger partial charge >= 0.3 is 0 Å². The van der Waals surface area contributed by atoms with Crippen LogP contribution in [0.5, 0.6) is 5.75 Å². The molecule has 0 aliphatic carbocycles. The summed E-state index contributed by atoms with van der Waals surface area (Å²) in [7, 11) is -3.57. The Labute approximate surface area is 207 Å². The molecule has 4 rings (SSSR count). The van der Waals surface area contributed by atoms with E-state index in [1.807, 2.05) is 32.0 Å². The molecule has 1 aliphatic heterocycles. The number of aromatic nitrogens is 3. The summed E-state index contributed by atoms with van der Waals surface area (Å²) in [5.41, 5.74) is 1.10. The van der Waals surface area contributed by atoms with E-state index >= 15 is 0 Å². The average Bonchev–Trinajstić information content (AvgIpc) is 2.84. The summed E-state index contributed by atoms with van der Waals surface area (Å²) in [5, 5.41) is 3.23. The third-order valence-corrected chi connectivity index (χ3v) is 7.70. The number of hydrogen-bond acceptors (Lipinski definition) is 8. The van der Waals surface area contributed by atoms with Crippen molar-refractivity contribution in [3.63, 3.8) is 0 Å². The number of nitrogens with zero attached hydrogens (tertiary/aromatic N) is 5. The molecule has 10 heteroatoms. The molecule has 0 saturated carbocycles. The molecular formula is C25H32N6O3S. The molecule has 1 saturated heterocycles. The van der Waals surface area contributed by atoms with E-state index in [0.29, 0.717) is 56.0 Å². The van der Waals surface area contributed by atoms with Gasteiger partial charge in [0.15, 0.2) is 0 Å². The maximum absolute atomic E-state index is 13.2. The van der Waals surface area contributed by atoms with E-state index in [0.717, 1.165) is 24.2 Å². The zero-order chi connectivity index (χ0) is 24.8. The SMILES string of the molecule is CCCCOc1ccc(S(=O)(=O)N2CCN(c3cc(Nc4cc(C)ccn4)nc(C)n3)CC2)cc1. The maximum atomic E-state index is 13.2. The monoisotopic (exact) mass is 496 g/mol. The number of ether oxygens (including phenoxy) is 1. The smallest absolute Gasteiger partial charge is 0.243 e. The summed E-state index contributed by atoms with van der Waals surface area (Å²) < 4.78 is 33.5. The summed E-state index contributed by atoms with van der Waals surface area (Å²) in [6.45, 7) is 8.41. The maximum Gasteiger partial charge on any atom is 0.243 e. The van der Waals surface area contributed by atoms with Crippen LogP contribution in [0.2, 0.25) is 0 Å². The number of pyridine rings is 1. The van der Waals surface area contributed by atoms with Crippen LogP contribution in [0.25, 0.3) is 0 Å². The lowest BCUT2D eigenvalue weighted by atomic mass is 10.3. The quantitative estimate of drug-likeness (QED) is 0.445. The fourth-order valence-electron chi connectivity index (χ4n) is 3.86.